The van der Waals surface area contributed by atoms with E-state index in [1.165, 1.54) is 7.11 Å². The average Bonchev–Trinajstić information content (AvgIpc) is 2.41. The molecule has 1 atom stereocenters. The fraction of sp³-hybridized carbons (Fsp3) is 0.588. The lowest BCUT2D eigenvalue weighted by molar-refractivity contribution is -0.140. The van der Waals surface area contributed by atoms with E-state index in [1.54, 1.807) is 18.2 Å². The standard InChI is InChI=1S/C17H29NO4SSi/c1-13-9-8-10-14(11-13)15(12-16(19)22-5)23(20,21)18-24(6,7)17(2,3)4/h8-11,15,18H,12H2,1-7H3. The van der Waals surface area contributed by atoms with Gasteiger partial charge in [0.1, 0.15) is 13.5 Å². The molecule has 0 radical (unpaired) electrons. The largest absolute Gasteiger partial charge is 0.469 e. The van der Waals surface area contributed by atoms with Gasteiger partial charge in [0.2, 0.25) is 10.0 Å². The minimum Gasteiger partial charge on any atom is -0.469 e. The molecule has 1 aromatic carbocycles. The smallest absolute Gasteiger partial charge is 0.307 e. The zero-order valence-electron chi connectivity index (χ0n) is 15.6. The van der Waals surface area contributed by atoms with E-state index in [-0.39, 0.29) is 11.5 Å². The molecule has 0 amide bonds. The van der Waals surface area contributed by atoms with Crippen LogP contribution >= 0.6 is 0 Å². The van der Waals surface area contributed by atoms with Gasteiger partial charge in [-0.3, -0.25) is 4.79 Å². The Labute approximate surface area is 146 Å². The molecule has 0 saturated carbocycles. The highest BCUT2D eigenvalue weighted by molar-refractivity contribution is 7.91. The zero-order valence-corrected chi connectivity index (χ0v) is 17.5. The topological polar surface area (TPSA) is 72.5 Å². The van der Waals surface area contributed by atoms with Crippen molar-refractivity contribution in [3.63, 3.8) is 0 Å². The summed E-state index contributed by atoms with van der Waals surface area (Å²) in [7, 11) is -4.76. The third-order valence-corrected chi connectivity index (χ3v) is 12.8. The molecular weight excluding hydrogens is 342 g/mol. The molecular formula is C17H29NO4SSi. The molecule has 7 heteroatoms. The summed E-state index contributed by atoms with van der Waals surface area (Å²) in [5.74, 6) is -0.540. The molecule has 136 valence electrons. The van der Waals surface area contributed by atoms with Gasteiger partial charge in [-0.25, -0.2) is 12.8 Å². The number of carbonyl (C=O) groups excluding carboxylic acids is 1. The molecule has 0 saturated heterocycles. The van der Waals surface area contributed by atoms with E-state index in [9.17, 15) is 13.2 Å². The second-order valence-corrected chi connectivity index (χ2v) is 14.9. The summed E-state index contributed by atoms with van der Waals surface area (Å²) in [4.78, 5) is 11.8. The van der Waals surface area contributed by atoms with Gasteiger partial charge in [0.25, 0.3) is 0 Å². The first-order chi connectivity index (χ1) is 10.8. The van der Waals surface area contributed by atoms with Crippen LogP contribution in [0.1, 0.15) is 43.6 Å². The number of rotatable bonds is 6. The maximum absolute atomic E-state index is 13.1. The molecule has 1 aromatic rings. The van der Waals surface area contributed by atoms with E-state index in [2.05, 4.69) is 4.39 Å². The summed E-state index contributed by atoms with van der Waals surface area (Å²) in [6.45, 7) is 12.0. The first kappa shape index (κ1) is 20.9. The van der Waals surface area contributed by atoms with Crippen molar-refractivity contribution in [2.75, 3.05) is 7.11 Å². The number of ether oxygens (including phenoxy) is 1. The van der Waals surface area contributed by atoms with Crippen LogP contribution in [0.3, 0.4) is 0 Å². The predicted molar refractivity (Wildman–Crippen MR) is 99.8 cm³/mol. The second kappa shape index (κ2) is 7.37. The van der Waals surface area contributed by atoms with Gasteiger partial charge in [0, 0.05) is 0 Å². The molecule has 24 heavy (non-hydrogen) atoms. The Balaban J connectivity index is 3.30. The fourth-order valence-electron chi connectivity index (χ4n) is 2.09. The highest BCUT2D eigenvalue weighted by atomic mass is 32.2. The highest BCUT2D eigenvalue weighted by Gasteiger charge is 2.42. The molecule has 0 aromatic heterocycles. The highest BCUT2D eigenvalue weighted by Crippen LogP contribution is 2.36. The van der Waals surface area contributed by atoms with Crippen LogP contribution in [0.5, 0.6) is 0 Å². The maximum Gasteiger partial charge on any atom is 0.307 e. The zero-order chi connectivity index (χ0) is 18.8. The summed E-state index contributed by atoms with van der Waals surface area (Å²) in [5, 5.41) is -1.11. The molecule has 0 aliphatic carbocycles. The Morgan fingerprint density at radius 1 is 1.29 bits per heavy atom. The van der Waals surface area contributed by atoms with Gasteiger partial charge >= 0.3 is 5.97 Å². The van der Waals surface area contributed by atoms with E-state index in [1.807, 2.05) is 46.9 Å². The normalized spacial score (nSPS) is 14.3. The van der Waals surface area contributed by atoms with Crippen LogP contribution in [0.4, 0.5) is 0 Å². The van der Waals surface area contributed by atoms with E-state index in [4.69, 9.17) is 4.74 Å². The van der Waals surface area contributed by atoms with Crippen LogP contribution in [-0.2, 0) is 19.6 Å². The van der Waals surface area contributed by atoms with E-state index in [0.29, 0.717) is 5.56 Å². The lowest BCUT2D eigenvalue weighted by Gasteiger charge is -2.37. The van der Waals surface area contributed by atoms with Crippen molar-refractivity contribution in [2.45, 2.75) is 57.5 Å². The Bertz CT molecular complexity index is 693. The van der Waals surface area contributed by atoms with Crippen LogP contribution in [0.25, 0.3) is 0 Å². The number of benzene rings is 1. The van der Waals surface area contributed by atoms with Crippen LogP contribution in [0.2, 0.25) is 18.1 Å². The fourth-order valence-corrected chi connectivity index (χ4v) is 7.59. The van der Waals surface area contributed by atoms with Crippen LogP contribution < -0.4 is 4.39 Å². The third-order valence-electron chi connectivity index (χ3n) is 4.64. The van der Waals surface area contributed by atoms with Gasteiger partial charge < -0.3 is 4.74 Å². The van der Waals surface area contributed by atoms with Crippen molar-refractivity contribution < 1.29 is 17.9 Å². The van der Waals surface area contributed by atoms with Gasteiger partial charge in [0.15, 0.2) is 0 Å². The van der Waals surface area contributed by atoms with Gasteiger partial charge in [0.05, 0.1) is 13.5 Å². The molecule has 0 aliphatic rings. The van der Waals surface area contributed by atoms with Gasteiger partial charge in [-0.15, -0.1) is 0 Å². The minimum absolute atomic E-state index is 0.150. The Morgan fingerprint density at radius 2 is 1.88 bits per heavy atom. The molecule has 0 spiro atoms. The molecule has 0 fully saturated rings. The third kappa shape index (κ3) is 5.16. The van der Waals surface area contributed by atoms with E-state index in [0.717, 1.165) is 5.56 Å². The number of hydrogen-bond acceptors (Lipinski definition) is 4. The number of nitrogens with one attached hydrogen (secondary N) is 1. The molecule has 0 aliphatic heterocycles. The number of methoxy groups -OCH3 is 1. The lowest BCUT2D eigenvalue weighted by atomic mass is 10.1. The Hall–Kier alpha value is -1.18. The van der Waals surface area contributed by atoms with Crippen molar-refractivity contribution in [3.05, 3.63) is 35.4 Å². The summed E-state index contributed by atoms with van der Waals surface area (Å²) in [5.41, 5.74) is 1.55. The lowest BCUT2D eigenvalue weighted by Crippen LogP contribution is -2.55. The monoisotopic (exact) mass is 371 g/mol. The number of aryl methyl sites for hydroxylation is 1. The Morgan fingerprint density at radius 3 is 2.33 bits per heavy atom. The van der Waals surface area contributed by atoms with Gasteiger partial charge in [-0.2, -0.15) is 0 Å². The van der Waals surface area contributed by atoms with E-state index >= 15 is 0 Å². The summed E-state index contributed by atoms with van der Waals surface area (Å²) in [6, 6.07) is 7.24. The molecule has 1 N–H and O–H groups in total. The Kier molecular flexibility index (Phi) is 6.41. The molecule has 5 nitrogen and oxygen atoms in total. The SMILES string of the molecule is COC(=O)CC(c1cccc(C)c1)S(=O)(=O)N[Si](C)(C)C(C)(C)C. The van der Waals surface area contributed by atoms with Crippen molar-refractivity contribution in [2.24, 2.45) is 0 Å². The summed E-state index contributed by atoms with van der Waals surface area (Å²) < 4.78 is 33.8. The van der Waals surface area contributed by atoms with Crippen LogP contribution in [-0.4, -0.2) is 29.7 Å². The molecule has 1 rings (SSSR count). The predicted octanol–water partition coefficient (Wildman–Crippen LogP) is 3.52. The number of esters is 1. The van der Waals surface area contributed by atoms with Crippen LogP contribution in [0, 0.1) is 6.92 Å². The van der Waals surface area contributed by atoms with Gasteiger partial charge in [-0.05, 0) is 17.5 Å². The summed E-state index contributed by atoms with van der Waals surface area (Å²) >= 11 is 0. The average molecular weight is 372 g/mol. The first-order valence-corrected chi connectivity index (χ1v) is 12.5. The van der Waals surface area contributed by atoms with Crippen molar-refractivity contribution >= 4 is 24.2 Å². The second-order valence-electron chi connectivity index (χ2n) is 7.71. The minimum atomic E-state index is -3.73. The van der Waals surface area contributed by atoms with Crippen molar-refractivity contribution in [1.82, 2.24) is 4.39 Å². The van der Waals surface area contributed by atoms with E-state index < -0.39 is 29.5 Å². The maximum atomic E-state index is 13.1. The summed E-state index contributed by atoms with van der Waals surface area (Å²) in [6.07, 6.45) is -0.204. The molecule has 0 heterocycles. The number of sulfonamides is 1. The van der Waals surface area contributed by atoms with Crippen molar-refractivity contribution in [1.29, 1.82) is 0 Å². The molecule has 1 unspecified atom stereocenters. The number of carbonyl (C=O) groups is 1. The molecule has 0 bridgehead atoms. The number of hydrogen-bond donors (Lipinski definition) is 1. The first-order valence-electron chi connectivity index (χ1n) is 7.96. The quantitative estimate of drug-likeness (QED) is 0.613. The van der Waals surface area contributed by atoms with Crippen LogP contribution in [0.15, 0.2) is 24.3 Å². The van der Waals surface area contributed by atoms with Gasteiger partial charge in [-0.1, -0.05) is 63.7 Å². The van der Waals surface area contributed by atoms with Crippen molar-refractivity contribution in [3.8, 4) is 0 Å².